The molecule has 5 heteroatoms. The van der Waals surface area contributed by atoms with E-state index in [0.29, 0.717) is 12.0 Å². The van der Waals surface area contributed by atoms with E-state index >= 15 is 0 Å². The molecule has 104 valence electrons. The lowest BCUT2D eigenvalue weighted by atomic mass is 9.75. The highest BCUT2D eigenvalue weighted by Crippen LogP contribution is 2.37. The van der Waals surface area contributed by atoms with E-state index < -0.39 is 18.3 Å². The molecule has 2 rings (SSSR count). The van der Waals surface area contributed by atoms with Crippen molar-refractivity contribution >= 4 is 12.6 Å². The third-order valence-electron chi connectivity index (χ3n) is 4.06. The molecule has 0 amide bonds. The minimum Gasteiger partial charge on any atom is -0.508 e. The van der Waals surface area contributed by atoms with Crippen molar-refractivity contribution in [2.24, 2.45) is 0 Å². The molecule has 1 aliphatic heterocycles. The van der Waals surface area contributed by atoms with Gasteiger partial charge >= 0.3 is 7.12 Å². The van der Waals surface area contributed by atoms with E-state index in [1.54, 1.807) is 12.1 Å². The van der Waals surface area contributed by atoms with E-state index in [-0.39, 0.29) is 12.4 Å². The second-order valence-electron chi connectivity index (χ2n) is 5.91. The molecular formula is C14H21BO4. The summed E-state index contributed by atoms with van der Waals surface area (Å²) in [4.78, 5) is 0. The average Bonchev–Trinajstić information content (AvgIpc) is 2.51. The monoisotopic (exact) mass is 264 g/mol. The Bertz CT molecular complexity index is 455. The highest BCUT2D eigenvalue weighted by molar-refractivity contribution is 6.62. The molecule has 0 spiro atoms. The van der Waals surface area contributed by atoms with Gasteiger partial charge in [0.1, 0.15) is 5.75 Å². The van der Waals surface area contributed by atoms with Crippen LogP contribution >= 0.6 is 0 Å². The minimum absolute atomic E-state index is 0.0237. The van der Waals surface area contributed by atoms with Crippen molar-refractivity contribution in [3.8, 4) is 5.75 Å². The van der Waals surface area contributed by atoms with Gasteiger partial charge in [-0.25, -0.2) is 0 Å². The van der Waals surface area contributed by atoms with Gasteiger partial charge in [-0.3, -0.25) is 0 Å². The van der Waals surface area contributed by atoms with Gasteiger partial charge in [-0.2, -0.15) is 0 Å². The zero-order valence-electron chi connectivity index (χ0n) is 11.9. The standard InChI is InChI=1S/C14H21BO4/c1-13(2)14(3,4)19-15(18-13)11-6-5-7-12(17)10(11)8-9-16/h5-7,16-17H,8-9H2,1-4H3. The van der Waals surface area contributed by atoms with E-state index in [2.05, 4.69) is 0 Å². The van der Waals surface area contributed by atoms with Gasteiger partial charge in [0.05, 0.1) is 11.2 Å². The fourth-order valence-electron chi connectivity index (χ4n) is 2.17. The van der Waals surface area contributed by atoms with Gasteiger partial charge in [0.25, 0.3) is 0 Å². The van der Waals surface area contributed by atoms with Crippen molar-refractivity contribution < 1.29 is 19.5 Å². The fourth-order valence-corrected chi connectivity index (χ4v) is 2.17. The maximum atomic E-state index is 9.92. The topological polar surface area (TPSA) is 58.9 Å². The molecule has 1 heterocycles. The quantitative estimate of drug-likeness (QED) is 0.806. The molecule has 2 N–H and O–H groups in total. The van der Waals surface area contributed by atoms with Gasteiger partial charge in [-0.05, 0) is 51.2 Å². The maximum Gasteiger partial charge on any atom is 0.495 e. The second-order valence-corrected chi connectivity index (χ2v) is 5.91. The molecule has 4 nitrogen and oxygen atoms in total. The number of rotatable bonds is 3. The van der Waals surface area contributed by atoms with E-state index in [1.165, 1.54) is 0 Å². The molecule has 0 saturated carbocycles. The maximum absolute atomic E-state index is 9.92. The summed E-state index contributed by atoms with van der Waals surface area (Å²) in [7, 11) is -0.515. The minimum atomic E-state index is -0.515. The normalized spacial score (nSPS) is 20.8. The van der Waals surface area contributed by atoms with Crippen LogP contribution < -0.4 is 5.46 Å². The molecular weight excluding hydrogens is 243 g/mol. The summed E-state index contributed by atoms with van der Waals surface area (Å²) < 4.78 is 12.0. The van der Waals surface area contributed by atoms with Gasteiger partial charge in [0.15, 0.2) is 0 Å². The van der Waals surface area contributed by atoms with E-state index in [9.17, 15) is 5.11 Å². The molecule has 1 aromatic rings. The first kappa shape index (κ1) is 14.4. The summed E-state index contributed by atoms with van der Waals surface area (Å²) in [5.41, 5.74) is 0.635. The van der Waals surface area contributed by atoms with Gasteiger partial charge in [-0.15, -0.1) is 0 Å². The van der Waals surface area contributed by atoms with Crippen LogP contribution in [0.1, 0.15) is 33.3 Å². The van der Waals surface area contributed by atoms with Crippen molar-refractivity contribution in [2.45, 2.75) is 45.3 Å². The molecule has 1 aliphatic rings. The van der Waals surface area contributed by atoms with Crippen LogP contribution in [0.15, 0.2) is 18.2 Å². The van der Waals surface area contributed by atoms with Crippen molar-refractivity contribution in [3.63, 3.8) is 0 Å². The Balaban J connectivity index is 2.37. The largest absolute Gasteiger partial charge is 0.508 e. The van der Waals surface area contributed by atoms with Crippen LogP contribution in [0.2, 0.25) is 0 Å². The summed E-state index contributed by atoms with van der Waals surface area (Å²) in [6.45, 7) is 7.93. The molecule has 0 bridgehead atoms. The smallest absolute Gasteiger partial charge is 0.495 e. The predicted molar refractivity (Wildman–Crippen MR) is 74.6 cm³/mol. The summed E-state index contributed by atoms with van der Waals surface area (Å²) in [6.07, 6.45) is 0.381. The van der Waals surface area contributed by atoms with Gasteiger partial charge < -0.3 is 19.5 Å². The Morgan fingerprint density at radius 2 is 1.68 bits per heavy atom. The number of aliphatic hydroxyl groups is 1. The first-order valence-corrected chi connectivity index (χ1v) is 6.56. The third kappa shape index (κ3) is 2.50. The summed E-state index contributed by atoms with van der Waals surface area (Å²) >= 11 is 0. The molecule has 1 saturated heterocycles. The van der Waals surface area contributed by atoms with Crippen molar-refractivity contribution in [3.05, 3.63) is 23.8 Å². The SMILES string of the molecule is CC1(C)OB(c2cccc(O)c2CCO)OC1(C)C. The second kappa shape index (κ2) is 4.82. The van der Waals surface area contributed by atoms with Crippen molar-refractivity contribution in [1.82, 2.24) is 0 Å². The average molecular weight is 264 g/mol. The highest BCUT2D eigenvalue weighted by Gasteiger charge is 2.52. The lowest BCUT2D eigenvalue weighted by Gasteiger charge is -2.32. The number of hydrogen-bond acceptors (Lipinski definition) is 4. The van der Waals surface area contributed by atoms with Crippen molar-refractivity contribution in [2.75, 3.05) is 6.61 Å². The Labute approximate surface area is 114 Å². The van der Waals surface area contributed by atoms with Crippen LogP contribution in [0.5, 0.6) is 5.75 Å². The molecule has 1 aromatic carbocycles. The Morgan fingerprint density at radius 3 is 2.21 bits per heavy atom. The molecule has 0 unspecified atom stereocenters. The van der Waals surface area contributed by atoms with Gasteiger partial charge in [0.2, 0.25) is 0 Å². The van der Waals surface area contributed by atoms with Crippen molar-refractivity contribution in [1.29, 1.82) is 0 Å². The predicted octanol–water partition coefficient (Wildman–Crippen LogP) is 1.23. The third-order valence-corrected chi connectivity index (χ3v) is 4.06. The van der Waals surface area contributed by atoms with Crippen LogP contribution in [-0.2, 0) is 15.7 Å². The molecule has 1 fully saturated rings. The number of benzene rings is 1. The first-order valence-electron chi connectivity index (χ1n) is 6.56. The van der Waals surface area contributed by atoms with Crippen LogP contribution in [0.4, 0.5) is 0 Å². The molecule has 19 heavy (non-hydrogen) atoms. The number of phenols is 1. The van der Waals surface area contributed by atoms with Gasteiger partial charge in [0, 0.05) is 6.61 Å². The molecule has 0 aromatic heterocycles. The number of hydrogen-bond donors (Lipinski definition) is 2. The van der Waals surface area contributed by atoms with Gasteiger partial charge in [-0.1, -0.05) is 12.1 Å². The first-order chi connectivity index (χ1) is 8.78. The van der Waals surface area contributed by atoms with E-state index in [0.717, 1.165) is 5.46 Å². The Hall–Kier alpha value is -1.04. The molecule has 0 radical (unpaired) electrons. The van der Waals surface area contributed by atoms with E-state index in [4.69, 9.17) is 14.4 Å². The number of aliphatic hydroxyl groups excluding tert-OH is 1. The van der Waals surface area contributed by atoms with E-state index in [1.807, 2.05) is 33.8 Å². The van der Waals surface area contributed by atoms with Crippen LogP contribution in [0.25, 0.3) is 0 Å². The van der Waals surface area contributed by atoms with Crippen LogP contribution in [0.3, 0.4) is 0 Å². The number of aromatic hydroxyl groups is 1. The summed E-state index contributed by atoms with van der Waals surface area (Å²) in [5, 5.41) is 19.0. The zero-order valence-corrected chi connectivity index (χ0v) is 11.9. The fraction of sp³-hybridized carbons (Fsp3) is 0.571. The summed E-state index contributed by atoms with van der Waals surface area (Å²) in [6, 6.07) is 5.24. The highest BCUT2D eigenvalue weighted by atomic mass is 16.7. The lowest BCUT2D eigenvalue weighted by Crippen LogP contribution is -2.41. The zero-order chi connectivity index (χ0) is 14.3. The Kier molecular flexibility index (Phi) is 3.64. The van der Waals surface area contributed by atoms with Crippen LogP contribution in [-0.4, -0.2) is 35.1 Å². The number of phenolic OH excluding ortho intramolecular Hbond substituents is 1. The Morgan fingerprint density at radius 1 is 1.11 bits per heavy atom. The lowest BCUT2D eigenvalue weighted by molar-refractivity contribution is 0.00578. The summed E-state index contributed by atoms with van der Waals surface area (Å²) in [5.74, 6) is 0.168. The molecule has 0 aliphatic carbocycles. The van der Waals surface area contributed by atoms with Crippen LogP contribution in [0, 0.1) is 0 Å². The molecule has 0 atom stereocenters.